The van der Waals surface area contributed by atoms with Gasteiger partial charge in [0.1, 0.15) is 17.6 Å². The second kappa shape index (κ2) is 8.28. The number of amides is 1. The SMILES string of the molecule is Cc1ccc(C(C)(C)C)cc1/C(O)=C1\C(=O)C(=O)N(c2ccc(F)cc2)C1c1ccccn1. The van der Waals surface area contributed by atoms with E-state index in [1.807, 2.05) is 25.1 Å². The number of Topliss-reactive ketones (excluding diaryl/α,β-unsaturated/α-hetero) is 1. The first-order chi connectivity index (χ1) is 15.6. The van der Waals surface area contributed by atoms with Crippen LogP contribution in [-0.4, -0.2) is 21.8 Å². The van der Waals surface area contributed by atoms with Crippen molar-refractivity contribution in [3.8, 4) is 0 Å². The lowest BCUT2D eigenvalue weighted by Crippen LogP contribution is -2.29. The molecule has 0 bridgehead atoms. The number of aryl methyl sites for hydroxylation is 1. The molecule has 33 heavy (non-hydrogen) atoms. The van der Waals surface area contributed by atoms with Crippen LogP contribution in [0.15, 0.2) is 72.4 Å². The molecular weight excluding hydrogens is 419 g/mol. The first-order valence-corrected chi connectivity index (χ1v) is 10.7. The third-order valence-corrected chi connectivity index (χ3v) is 5.88. The third kappa shape index (κ3) is 4.04. The van der Waals surface area contributed by atoms with Crippen molar-refractivity contribution in [3.63, 3.8) is 0 Å². The van der Waals surface area contributed by atoms with Gasteiger partial charge in [-0.3, -0.25) is 19.5 Å². The smallest absolute Gasteiger partial charge is 0.300 e. The van der Waals surface area contributed by atoms with Gasteiger partial charge in [0, 0.05) is 17.4 Å². The minimum Gasteiger partial charge on any atom is -0.507 e. The van der Waals surface area contributed by atoms with Crippen molar-refractivity contribution in [3.05, 3.63) is 101 Å². The van der Waals surface area contributed by atoms with Crippen molar-refractivity contribution >= 4 is 23.1 Å². The van der Waals surface area contributed by atoms with Gasteiger partial charge >= 0.3 is 0 Å². The topological polar surface area (TPSA) is 70.5 Å². The highest BCUT2D eigenvalue weighted by atomic mass is 19.1. The van der Waals surface area contributed by atoms with E-state index >= 15 is 0 Å². The van der Waals surface area contributed by atoms with Gasteiger partial charge in [0.25, 0.3) is 11.7 Å². The van der Waals surface area contributed by atoms with Crippen LogP contribution in [0.4, 0.5) is 10.1 Å². The van der Waals surface area contributed by atoms with Crippen LogP contribution in [0.1, 0.15) is 49.2 Å². The molecule has 0 spiro atoms. The van der Waals surface area contributed by atoms with E-state index in [1.165, 1.54) is 29.2 Å². The predicted molar refractivity (Wildman–Crippen MR) is 125 cm³/mol. The molecule has 1 amide bonds. The van der Waals surface area contributed by atoms with Crippen LogP contribution in [0.5, 0.6) is 0 Å². The number of pyridine rings is 1. The zero-order valence-electron chi connectivity index (χ0n) is 19.0. The molecule has 0 saturated carbocycles. The Kier molecular flexibility index (Phi) is 5.62. The van der Waals surface area contributed by atoms with E-state index in [4.69, 9.17) is 0 Å². The Bertz CT molecular complexity index is 1260. The number of carbonyl (C=O) groups is 2. The van der Waals surface area contributed by atoms with Crippen molar-refractivity contribution in [2.24, 2.45) is 0 Å². The summed E-state index contributed by atoms with van der Waals surface area (Å²) in [5.41, 5.74) is 2.78. The molecule has 0 radical (unpaired) electrons. The predicted octanol–water partition coefficient (Wildman–Crippen LogP) is 5.45. The maximum Gasteiger partial charge on any atom is 0.300 e. The molecule has 6 heteroatoms. The zero-order valence-corrected chi connectivity index (χ0v) is 19.0. The van der Waals surface area contributed by atoms with Crippen molar-refractivity contribution in [2.45, 2.75) is 39.2 Å². The van der Waals surface area contributed by atoms with Crippen LogP contribution in [0, 0.1) is 12.7 Å². The number of rotatable bonds is 3. The van der Waals surface area contributed by atoms with E-state index in [9.17, 15) is 19.1 Å². The van der Waals surface area contributed by atoms with E-state index in [2.05, 4.69) is 25.8 Å². The summed E-state index contributed by atoms with van der Waals surface area (Å²) in [6, 6.07) is 15.3. The number of anilines is 1. The Morgan fingerprint density at radius 1 is 1.03 bits per heavy atom. The molecule has 1 atom stereocenters. The summed E-state index contributed by atoms with van der Waals surface area (Å²) in [7, 11) is 0. The molecule has 1 unspecified atom stereocenters. The van der Waals surface area contributed by atoms with Crippen LogP contribution >= 0.6 is 0 Å². The fraction of sp³-hybridized carbons (Fsp3) is 0.222. The molecule has 1 N–H and O–H groups in total. The average Bonchev–Trinajstić information content (AvgIpc) is 3.05. The lowest BCUT2D eigenvalue weighted by molar-refractivity contribution is -0.132. The molecule has 1 aliphatic heterocycles. The van der Waals surface area contributed by atoms with Gasteiger partial charge in [0.05, 0.1) is 11.3 Å². The standard InChI is InChI=1S/C27H25FN2O3/c1-16-8-9-17(27(2,3)4)15-20(16)24(31)22-23(21-7-5-6-14-29-21)30(26(33)25(22)32)19-12-10-18(28)11-13-19/h5-15,23,31H,1-4H3/b24-22+. The summed E-state index contributed by atoms with van der Waals surface area (Å²) < 4.78 is 13.5. The Labute approximate surface area is 192 Å². The minimum atomic E-state index is -0.950. The fourth-order valence-electron chi connectivity index (χ4n) is 4.01. The highest BCUT2D eigenvalue weighted by Crippen LogP contribution is 2.42. The van der Waals surface area contributed by atoms with Crippen molar-refractivity contribution in [1.82, 2.24) is 4.98 Å². The highest BCUT2D eigenvalue weighted by Gasteiger charge is 2.47. The summed E-state index contributed by atoms with van der Waals surface area (Å²) in [4.78, 5) is 32.0. The highest BCUT2D eigenvalue weighted by molar-refractivity contribution is 6.51. The number of halogens is 1. The normalized spacial score (nSPS) is 18.1. The van der Waals surface area contributed by atoms with Gasteiger partial charge in [0.15, 0.2) is 0 Å². The number of benzene rings is 2. The van der Waals surface area contributed by atoms with Crippen LogP contribution in [0.3, 0.4) is 0 Å². The largest absolute Gasteiger partial charge is 0.507 e. The molecular formula is C27H25FN2O3. The molecule has 4 rings (SSSR count). The molecule has 5 nitrogen and oxygen atoms in total. The summed E-state index contributed by atoms with van der Waals surface area (Å²) in [5, 5.41) is 11.4. The number of hydrogen-bond acceptors (Lipinski definition) is 4. The maximum atomic E-state index is 13.5. The molecule has 168 valence electrons. The van der Waals surface area contributed by atoms with E-state index in [-0.39, 0.29) is 16.7 Å². The molecule has 1 aliphatic rings. The first kappa shape index (κ1) is 22.4. The van der Waals surface area contributed by atoms with Gasteiger partial charge in [-0.15, -0.1) is 0 Å². The van der Waals surface area contributed by atoms with Gasteiger partial charge in [0.2, 0.25) is 0 Å². The minimum absolute atomic E-state index is 0.0443. The summed E-state index contributed by atoms with van der Waals surface area (Å²) >= 11 is 0. The van der Waals surface area contributed by atoms with E-state index in [0.717, 1.165) is 11.1 Å². The number of aliphatic hydroxyl groups excluding tert-OH is 1. The Morgan fingerprint density at radius 2 is 1.73 bits per heavy atom. The number of nitrogens with zero attached hydrogens (tertiary/aromatic N) is 2. The van der Waals surface area contributed by atoms with Crippen molar-refractivity contribution in [2.75, 3.05) is 4.90 Å². The van der Waals surface area contributed by atoms with Crippen molar-refractivity contribution in [1.29, 1.82) is 0 Å². The molecule has 3 aromatic rings. The Balaban J connectivity index is 1.96. The fourth-order valence-corrected chi connectivity index (χ4v) is 4.01. The summed E-state index contributed by atoms with van der Waals surface area (Å²) in [5.74, 6) is -2.33. The zero-order chi connectivity index (χ0) is 23.9. The Hall–Kier alpha value is -3.80. The second-order valence-corrected chi connectivity index (χ2v) is 9.18. The average molecular weight is 445 g/mol. The molecule has 1 saturated heterocycles. The van der Waals surface area contributed by atoms with Gasteiger partial charge in [-0.1, -0.05) is 39.0 Å². The van der Waals surface area contributed by atoms with E-state index in [0.29, 0.717) is 16.9 Å². The van der Waals surface area contributed by atoms with Gasteiger partial charge in [-0.05, 0) is 65.9 Å². The summed E-state index contributed by atoms with van der Waals surface area (Å²) in [6.07, 6.45) is 1.56. The van der Waals surface area contributed by atoms with Crippen molar-refractivity contribution < 1.29 is 19.1 Å². The lowest BCUT2D eigenvalue weighted by atomic mass is 9.84. The van der Waals surface area contributed by atoms with E-state index in [1.54, 1.807) is 24.4 Å². The van der Waals surface area contributed by atoms with Gasteiger partial charge in [-0.25, -0.2) is 4.39 Å². The number of ketones is 1. The number of aromatic nitrogens is 1. The quantitative estimate of drug-likeness (QED) is 0.331. The lowest BCUT2D eigenvalue weighted by Gasteiger charge is -2.25. The Morgan fingerprint density at radius 3 is 2.33 bits per heavy atom. The molecule has 1 fully saturated rings. The number of carbonyl (C=O) groups excluding carboxylic acids is 2. The van der Waals surface area contributed by atoms with Gasteiger partial charge in [-0.2, -0.15) is 0 Å². The van der Waals surface area contributed by atoms with Crippen LogP contribution in [-0.2, 0) is 15.0 Å². The molecule has 2 aromatic carbocycles. The van der Waals surface area contributed by atoms with Gasteiger partial charge < -0.3 is 5.11 Å². The van der Waals surface area contributed by atoms with Crippen LogP contribution in [0.25, 0.3) is 5.76 Å². The van der Waals surface area contributed by atoms with Crippen LogP contribution in [0.2, 0.25) is 0 Å². The molecule has 0 aliphatic carbocycles. The molecule has 1 aromatic heterocycles. The number of aliphatic hydroxyl groups is 1. The number of hydrogen-bond donors (Lipinski definition) is 1. The second-order valence-electron chi connectivity index (χ2n) is 9.18. The third-order valence-electron chi connectivity index (χ3n) is 5.88. The first-order valence-electron chi connectivity index (χ1n) is 10.7. The maximum absolute atomic E-state index is 13.5. The molecule has 2 heterocycles. The summed E-state index contributed by atoms with van der Waals surface area (Å²) in [6.45, 7) is 8.02. The van der Waals surface area contributed by atoms with Crippen LogP contribution < -0.4 is 4.90 Å². The monoisotopic (exact) mass is 444 g/mol. The van der Waals surface area contributed by atoms with E-state index < -0.39 is 23.5 Å².